The highest BCUT2D eigenvalue weighted by Gasteiger charge is 2.23. The van der Waals surface area contributed by atoms with Gasteiger partial charge in [0.2, 0.25) is 0 Å². The van der Waals surface area contributed by atoms with Gasteiger partial charge in [0.1, 0.15) is 5.82 Å². The largest absolute Gasteiger partial charge is 0.392 e. The zero-order valence-corrected chi connectivity index (χ0v) is 10.9. The van der Waals surface area contributed by atoms with Crippen LogP contribution in [0.2, 0.25) is 0 Å². The number of aliphatic hydroxyl groups excluding tert-OH is 1. The quantitative estimate of drug-likeness (QED) is 0.843. The zero-order chi connectivity index (χ0) is 13.0. The summed E-state index contributed by atoms with van der Waals surface area (Å²) in [7, 11) is 0. The molecule has 0 aromatic heterocycles. The molecule has 2 N–H and O–H groups in total. The van der Waals surface area contributed by atoms with Gasteiger partial charge >= 0.3 is 0 Å². The summed E-state index contributed by atoms with van der Waals surface area (Å²) < 4.78 is 13.1. The maximum absolute atomic E-state index is 13.1. The van der Waals surface area contributed by atoms with Crippen molar-refractivity contribution in [3.05, 3.63) is 35.6 Å². The van der Waals surface area contributed by atoms with E-state index in [1.54, 1.807) is 12.1 Å². The van der Waals surface area contributed by atoms with Gasteiger partial charge < -0.3 is 10.4 Å². The molecule has 2 rings (SSSR count). The van der Waals surface area contributed by atoms with Crippen LogP contribution in [0, 0.1) is 11.7 Å². The van der Waals surface area contributed by atoms with Crippen LogP contribution in [0.5, 0.6) is 0 Å². The minimum absolute atomic E-state index is 0.0664. The van der Waals surface area contributed by atoms with Crippen molar-refractivity contribution in [3.63, 3.8) is 0 Å². The van der Waals surface area contributed by atoms with Gasteiger partial charge in [0.05, 0.1) is 6.10 Å². The smallest absolute Gasteiger partial charge is 0.123 e. The fourth-order valence-electron chi connectivity index (χ4n) is 2.70. The topological polar surface area (TPSA) is 32.3 Å². The van der Waals surface area contributed by atoms with Crippen molar-refractivity contribution in [3.8, 4) is 0 Å². The third-order valence-electron chi connectivity index (χ3n) is 3.93. The summed E-state index contributed by atoms with van der Waals surface area (Å²) in [5, 5.41) is 13.3. The first-order valence-electron chi connectivity index (χ1n) is 6.83. The first-order valence-corrected chi connectivity index (χ1v) is 6.83. The standard InChI is InChI=1S/C15H22FNO/c1-11(13-7-4-8-14(16)9-13)17-10-15(18)12-5-2-3-6-12/h4,7-9,11-12,15,17-18H,2-3,5-6,10H2,1H3. The molecular formula is C15H22FNO. The maximum Gasteiger partial charge on any atom is 0.123 e. The molecule has 0 spiro atoms. The Morgan fingerprint density at radius 3 is 2.78 bits per heavy atom. The molecule has 2 nitrogen and oxygen atoms in total. The van der Waals surface area contributed by atoms with Crippen molar-refractivity contribution in [1.82, 2.24) is 5.32 Å². The summed E-state index contributed by atoms with van der Waals surface area (Å²) in [6.07, 6.45) is 4.47. The number of hydrogen-bond donors (Lipinski definition) is 2. The van der Waals surface area contributed by atoms with Gasteiger partial charge in [0.25, 0.3) is 0 Å². The molecule has 2 unspecified atom stereocenters. The molecule has 18 heavy (non-hydrogen) atoms. The second-order valence-corrected chi connectivity index (χ2v) is 5.30. The number of halogens is 1. The molecule has 0 bridgehead atoms. The molecule has 0 saturated heterocycles. The molecule has 1 saturated carbocycles. The second kappa shape index (κ2) is 6.30. The van der Waals surface area contributed by atoms with Gasteiger partial charge in [-0.25, -0.2) is 4.39 Å². The molecule has 2 atom stereocenters. The molecule has 0 amide bonds. The average Bonchev–Trinajstić information content (AvgIpc) is 2.89. The minimum Gasteiger partial charge on any atom is -0.392 e. The molecule has 0 radical (unpaired) electrons. The van der Waals surface area contributed by atoms with Crippen molar-refractivity contribution < 1.29 is 9.50 Å². The van der Waals surface area contributed by atoms with Crippen LogP contribution >= 0.6 is 0 Å². The van der Waals surface area contributed by atoms with Gasteiger partial charge in [-0.3, -0.25) is 0 Å². The fourth-order valence-corrected chi connectivity index (χ4v) is 2.70. The van der Waals surface area contributed by atoms with Crippen LogP contribution in [0.3, 0.4) is 0 Å². The number of benzene rings is 1. The Balaban J connectivity index is 1.82. The number of rotatable bonds is 5. The Kier molecular flexibility index (Phi) is 4.72. The van der Waals surface area contributed by atoms with Crippen LogP contribution in [0.15, 0.2) is 24.3 Å². The summed E-state index contributed by atoms with van der Waals surface area (Å²) in [6, 6.07) is 6.68. The van der Waals surface area contributed by atoms with Gasteiger partial charge in [-0.15, -0.1) is 0 Å². The van der Waals surface area contributed by atoms with Crippen molar-refractivity contribution in [2.75, 3.05) is 6.54 Å². The van der Waals surface area contributed by atoms with Crippen LogP contribution in [-0.2, 0) is 0 Å². The highest BCUT2D eigenvalue weighted by molar-refractivity contribution is 5.19. The lowest BCUT2D eigenvalue weighted by Gasteiger charge is -2.21. The Labute approximate surface area is 108 Å². The summed E-state index contributed by atoms with van der Waals surface area (Å²) >= 11 is 0. The Morgan fingerprint density at radius 2 is 2.11 bits per heavy atom. The van der Waals surface area contributed by atoms with Crippen molar-refractivity contribution >= 4 is 0 Å². The van der Waals surface area contributed by atoms with E-state index in [4.69, 9.17) is 0 Å². The van der Waals surface area contributed by atoms with E-state index in [0.717, 1.165) is 18.4 Å². The van der Waals surface area contributed by atoms with E-state index in [0.29, 0.717) is 12.5 Å². The lowest BCUT2D eigenvalue weighted by atomic mass is 10.0. The number of hydrogen-bond acceptors (Lipinski definition) is 2. The fraction of sp³-hybridized carbons (Fsp3) is 0.600. The van der Waals surface area contributed by atoms with E-state index in [-0.39, 0.29) is 18.0 Å². The molecule has 1 aliphatic rings. The summed E-state index contributed by atoms with van der Waals surface area (Å²) in [4.78, 5) is 0. The van der Waals surface area contributed by atoms with E-state index >= 15 is 0 Å². The SMILES string of the molecule is CC(NCC(O)C1CCCC1)c1cccc(F)c1. The van der Waals surface area contributed by atoms with E-state index in [1.165, 1.54) is 18.9 Å². The molecule has 1 fully saturated rings. The monoisotopic (exact) mass is 251 g/mol. The first kappa shape index (κ1) is 13.5. The van der Waals surface area contributed by atoms with Gasteiger partial charge in [0.15, 0.2) is 0 Å². The Morgan fingerprint density at radius 1 is 1.39 bits per heavy atom. The zero-order valence-electron chi connectivity index (χ0n) is 10.9. The number of aliphatic hydroxyl groups is 1. The van der Waals surface area contributed by atoms with Crippen LogP contribution < -0.4 is 5.32 Å². The van der Waals surface area contributed by atoms with Crippen LogP contribution in [0.1, 0.15) is 44.2 Å². The highest BCUT2D eigenvalue weighted by atomic mass is 19.1. The van der Waals surface area contributed by atoms with E-state index < -0.39 is 0 Å². The number of nitrogens with one attached hydrogen (secondary N) is 1. The normalized spacial score (nSPS) is 19.9. The van der Waals surface area contributed by atoms with Crippen molar-refractivity contribution in [2.45, 2.75) is 44.8 Å². The molecule has 1 aromatic rings. The molecule has 0 heterocycles. The van der Waals surface area contributed by atoms with E-state index in [9.17, 15) is 9.50 Å². The highest BCUT2D eigenvalue weighted by Crippen LogP contribution is 2.27. The predicted octanol–water partition coefficient (Wildman–Crippen LogP) is 3.03. The van der Waals surface area contributed by atoms with Gasteiger partial charge in [0, 0.05) is 12.6 Å². The lowest BCUT2D eigenvalue weighted by Crippen LogP contribution is -2.33. The molecule has 100 valence electrons. The van der Waals surface area contributed by atoms with Gasteiger partial charge in [-0.1, -0.05) is 25.0 Å². The predicted molar refractivity (Wildman–Crippen MR) is 70.8 cm³/mol. The Bertz CT molecular complexity index is 377. The Hall–Kier alpha value is -0.930. The van der Waals surface area contributed by atoms with Crippen molar-refractivity contribution in [2.24, 2.45) is 5.92 Å². The molecule has 1 aliphatic carbocycles. The third kappa shape index (κ3) is 3.53. The molecule has 1 aromatic carbocycles. The first-order chi connectivity index (χ1) is 8.66. The van der Waals surface area contributed by atoms with Gasteiger partial charge in [-0.05, 0) is 43.4 Å². The van der Waals surface area contributed by atoms with Crippen LogP contribution in [0.25, 0.3) is 0 Å². The van der Waals surface area contributed by atoms with Gasteiger partial charge in [-0.2, -0.15) is 0 Å². The van der Waals surface area contributed by atoms with E-state index in [1.807, 2.05) is 13.0 Å². The summed E-state index contributed by atoms with van der Waals surface area (Å²) in [5.41, 5.74) is 0.925. The van der Waals surface area contributed by atoms with Crippen LogP contribution in [0.4, 0.5) is 4.39 Å². The second-order valence-electron chi connectivity index (χ2n) is 5.30. The van der Waals surface area contributed by atoms with E-state index in [2.05, 4.69) is 5.32 Å². The average molecular weight is 251 g/mol. The van der Waals surface area contributed by atoms with Crippen molar-refractivity contribution in [1.29, 1.82) is 0 Å². The third-order valence-corrected chi connectivity index (χ3v) is 3.93. The molecular weight excluding hydrogens is 229 g/mol. The van der Waals surface area contributed by atoms with Crippen LogP contribution in [-0.4, -0.2) is 17.8 Å². The molecule has 3 heteroatoms. The summed E-state index contributed by atoms with van der Waals surface area (Å²) in [6.45, 7) is 2.58. The minimum atomic E-state index is -0.275. The molecule has 0 aliphatic heterocycles. The maximum atomic E-state index is 13.1. The lowest BCUT2D eigenvalue weighted by molar-refractivity contribution is 0.106. The summed E-state index contributed by atoms with van der Waals surface area (Å²) in [5.74, 6) is 0.231.